The molecule has 4 aromatic rings. The van der Waals surface area contributed by atoms with Crippen LogP contribution in [0.2, 0.25) is 0 Å². The number of para-hydroxylation sites is 1. The molecule has 2 aromatic heterocycles. The summed E-state index contributed by atoms with van der Waals surface area (Å²) in [5.74, 6) is 1.34. The molecule has 4 rings (SSSR count). The maximum Gasteiger partial charge on any atom is 0.178 e. The first kappa shape index (κ1) is 15.3. The van der Waals surface area contributed by atoms with Crippen molar-refractivity contribution in [3.8, 4) is 28.5 Å². The highest BCUT2D eigenvalue weighted by atomic mass is 16.5. The fourth-order valence-electron chi connectivity index (χ4n) is 2.75. The van der Waals surface area contributed by atoms with Gasteiger partial charge in [-0.3, -0.25) is 0 Å². The minimum absolute atomic E-state index is 0.606. The Bertz CT molecular complexity index is 1040. The molecular weight excluding hydrogens is 310 g/mol. The molecule has 0 bridgehead atoms. The molecule has 0 atom stereocenters. The molecule has 0 amide bonds. The maximum absolute atomic E-state index is 5.49. The molecule has 0 fully saturated rings. The zero-order chi connectivity index (χ0) is 17.2. The average molecular weight is 327 g/mol. The molecule has 0 N–H and O–H groups in total. The molecule has 0 saturated heterocycles. The fraction of sp³-hybridized carbons (Fsp3) is 0.0952. The average Bonchev–Trinajstić information content (AvgIpc) is 2.68. The number of methoxy groups -OCH3 is 1. The Balaban J connectivity index is 1.84. The van der Waals surface area contributed by atoms with Crippen LogP contribution in [-0.2, 0) is 0 Å². The van der Waals surface area contributed by atoms with Crippen molar-refractivity contribution >= 4 is 10.9 Å². The SMILES string of the molecule is COc1ccc(-c2ncc3ccccc3n2)nc1-c1ccc(C)cc1. The van der Waals surface area contributed by atoms with Crippen molar-refractivity contribution in [2.24, 2.45) is 0 Å². The number of aryl methyl sites for hydroxylation is 1. The Kier molecular flexibility index (Phi) is 3.86. The number of rotatable bonds is 3. The summed E-state index contributed by atoms with van der Waals surface area (Å²) < 4.78 is 5.49. The number of aromatic nitrogens is 3. The molecule has 2 aromatic carbocycles. The van der Waals surface area contributed by atoms with Crippen LogP contribution >= 0.6 is 0 Å². The van der Waals surface area contributed by atoms with E-state index in [4.69, 9.17) is 9.72 Å². The van der Waals surface area contributed by atoms with Crippen LogP contribution in [0.25, 0.3) is 33.7 Å². The van der Waals surface area contributed by atoms with Crippen molar-refractivity contribution < 1.29 is 4.74 Å². The monoisotopic (exact) mass is 327 g/mol. The van der Waals surface area contributed by atoms with Gasteiger partial charge in [-0.1, -0.05) is 48.0 Å². The zero-order valence-electron chi connectivity index (χ0n) is 14.1. The fourth-order valence-corrected chi connectivity index (χ4v) is 2.75. The summed E-state index contributed by atoms with van der Waals surface area (Å²) in [6, 6.07) is 20.0. The number of benzene rings is 2. The lowest BCUT2D eigenvalue weighted by Gasteiger charge is -2.10. The molecule has 2 heterocycles. The first-order chi connectivity index (χ1) is 12.2. The predicted molar refractivity (Wildman–Crippen MR) is 99.5 cm³/mol. The van der Waals surface area contributed by atoms with Gasteiger partial charge in [0.15, 0.2) is 5.82 Å². The van der Waals surface area contributed by atoms with E-state index in [9.17, 15) is 0 Å². The molecule has 0 aliphatic carbocycles. The van der Waals surface area contributed by atoms with Gasteiger partial charge in [-0.15, -0.1) is 0 Å². The van der Waals surface area contributed by atoms with Gasteiger partial charge in [0, 0.05) is 17.1 Å². The van der Waals surface area contributed by atoms with E-state index in [0.717, 1.165) is 33.6 Å². The summed E-state index contributed by atoms with van der Waals surface area (Å²) in [6.45, 7) is 2.06. The molecule has 0 spiro atoms. The van der Waals surface area contributed by atoms with Crippen LogP contribution in [0.1, 0.15) is 5.56 Å². The molecule has 25 heavy (non-hydrogen) atoms. The van der Waals surface area contributed by atoms with E-state index in [1.807, 2.05) is 54.7 Å². The van der Waals surface area contributed by atoms with E-state index in [0.29, 0.717) is 5.82 Å². The number of pyridine rings is 1. The molecule has 0 aliphatic heterocycles. The smallest absolute Gasteiger partial charge is 0.178 e. The Hall–Kier alpha value is -3.27. The first-order valence-corrected chi connectivity index (χ1v) is 8.09. The van der Waals surface area contributed by atoms with Gasteiger partial charge < -0.3 is 4.74 Å². The summed E-state index contributed by atoms with van der Waals surface area (Å²) in [6.07, 6.45) is 1.83. The topological polar surface area (TPSA) is 47.9 Å². The third-order valence-corrected chi connectivity index (χ3v) is 4.12. The lowest BCUT2D eigenvalue weighted by Crippen LogP contribution is -1.97. The first-order valence-electron chi connectivity index (χ1n) is 8.09. The van der Waals surface area contributed by atoms with Gasteiger partial charge >= 0.3 is 0 Å². The van der Waals surface area contributed by atoms with E-state index in [1.54, 1.807) is 7.11 Å². The molecule has 122 valence electrons. The van der Waals surface area contributed by atoms with Gasteiger partial charge in [0.2, 0.25) is 0 Å². The summed E-state index contributed by atoms with van der Waals surface area (Å²) >= 11 is 0. The quantitative estimate of drug-likeness (QED) is 0.548. The number of hydrogen-bond acceptors (Lipinski definition) is 4. The minimum atomic E-state index is 0.606. The lowest BCUT2D eigenvalue weighted by molar-refractivity contribution is 0.415. The van der Waals surface area contributed by atoms with Crippen LogP contribution < -0.4 is 4.74 Å². The van der Waals surface area contributed by atoms with Crippen molar-refractivity contribution in [3.63, 3.8) is 0 Å². The third-order valence-electron chi connectivity index (χ3n) is 4.12. The molecule has 0 aliphatic rings. The Morgan fingerprint density at radius 2 is 1.64 bits per heavy atom. The standard InChI is InChI=1S/C21H17N3O/c1-14-7-9-15(10-8-14)20-19(25-2)12-11-18(23-20)21-22-13-16-5-3-4-6-17(16)24-21/h3-13H,1-2H3. The van der Waals surface area contributed by atoms with Crippen molar-refractivity contribution in [3.05, 3.63) is 72.4 Å². The van der Waals surface area contributed by atoms with Crippen molar-refractivity contribution in [2.75, 3.05) is 7.11 Å². The number of ether oxygens (including phenoxy) is 1. The summed E-state index contributed by atoms with van der Waals surface area (Å²) in [4.78, 5) is 13.9. The van der Waals surface area contributed by atoms with Gasteiger partial charge in [0.1, 0.15) is 17.1 Å². The van der Waals surface area contributed by atoms with Crippen LogP contribution in [0.4, 0.5) is 0 Å². The van der Waals surface area contributed by atoms with E-state index < -0.39 is 0 Å². The van der Waals surface area contributed by atoms with Crippen LogP contribution in [-0.4, -0.2) is 22.1 Å². The molecule has 0 saturated carbocycles. The van der Waals surface area contributed by atoms with Gasteiger partial charge in [0.25, 0.3) is 0 Å². The normalized spacial score (nSPS) is 10.8. The summed E-state index contributed by atoms with van der Waals surface area (Å²) in [7, 11) is 1.65. The maximum atomic E-state index is 5.49. The highest BCUT2D eigenvalue weighted by Crippen LogP contribution is 2.30. The minimum Gasteiger partial charge on any atom is -0.494 e. The molecule has 4 heteroatoms. The second-order valence-electron chi connectivity index (χ2n) is 5.87. The predicted octanol–water partition coefficient (Wildman–Crippen LogP) is 4.68. The van der Waals surface area contributed by atoms with Crippen LogP contribution in [0, 0.1) is 6.92 Å². The van der Waals surface area contributed by atoms with Crippen LogP contribution in [0.5, 0.6) is 5.75 Å². The van der Waals surface area contributed by atoms with Crippen molar-refractivity contribution in [1.82, 2.24) is 15.0 Å². The number of fused-ring (bicyclic) bond motifs is 1. The Morgan fingerprint density at radius 3 is 2.44 bits per heavy atom. The highest BCUT2D eigenvalue weighted by Gasteiger charge is 2.12. The van der Waals surface area contributed by atoms with E-state index in [2.05, 4.69) is 29.0 Å². The summed E-state index contributed by atoms with van der Waals surface area (Å²) in [5, 5.41) is 1.01. The van der Waals surface area contributed by atoms with Crippen LogP contribution in [0.15, 0.2) is 66.9 Å². The molecule has 0 radical (unpaired) electrons. The van der Waals surface area contributed by atoms with E-state index in [1.165, 1.54) is 5.56 Å². The molecule has 4 nitrogen and oxygen atoms in total. The molecular formula is C21H17N3O. The van der Waals surface area contributed by atoms with Gasteiger partial charge in [-0.05, 0) is 25.1 Å². The van der Waals surface area contributed by atoms with Gasteiger partial charge in [-0.25, -0.2) is 15.0 Å². The summed E-state index contributed by atoms with van der Waals surface area (Å²) in [5.41, 5.74) is 4.63. The second-order valence-corrected chi connectivity index (χ2v) is 5.87. The Labute approximate surface area is 146 Å². The number of nitrogens with zero attached hydrogens (tertiary/aromatic N) is 3. The van der Waals surface area contributed by atoms with E-state index >= 15 is 0 Å². The zero-order valence-corrected chi connectivity index (χ0v) is 14.1. The highest BCUT2D eigenvalue weighted by molar-refractivity contribution is 5.79. The van der Waals surface area contributed by atoms with Crippen molar-refractivity contribution in [1.29, 1.82) is 0 Å². The second kappa shape index (κ2) is 6.32. The third kappa shape index (κ3) is 2.94. The van der Waals surface area contributed by atoms with Crippen molar-refractivity contribution in [2.45, 2.75) is 6.92 Å². The van der Waals surface area contributed by atoms with E-state index in [-0.39, 0.29) is 0 Å². The lowest BCUT2D eigenvalue weighted by atomic mass is 10.1. The number of hydrogen-bond donors (Lipinski definition) is 0. The van der Waals surface area contributed by atoms with Gasteiger partial charge in [0.05, 0.1) is 12.6 Å². The Morgan fingerprint density at radius 1 is 0.840 bits per heavy atom. The largest absolute Gasteiger partial charge is 0.494 e. The molecule has 0 unspecified atom stereocenters. The van der Waals surface area contributed by atoms with Crippen LogP contribution in [0.3, 0.4) is 0 Å². The van der Waals surface area contributed by atoms with Gasteiger partial charge in [-0.2, -0.15) is 0 Å².